The van der Waals surface area contributed by atoms with Gasteiger partial charge in [-0.25, -0.2) is 9.78 Å². The average Bonchev–Trinajstić information content (AvgIpc) is 3.40. The van der Waals surface area contributed by atoms with Gasteiger partial charge in [0.1, 0.15) is 5.01 Å². The Balaban J connectivity index is 1.29. The monoisotopic (exact) mass is 458 g/mol. The van der Waals surface area contributed by atoms with Gasteiger partial charge in [0.2, 0.25) is 5.91 Å². The summed E-state index contributed by atoms with van der Waals surface area (Å²) in [6.45, 7) is 0.279. The van der Waals surface area contributed by atoms with E-state index in [9.17, 15) is 9.59 Å². The number of rotatable bonds is 6. The summed E-state index contributed by atoms with van der Waals surface area (Å²) < 4.78 is 2.31. The van der Waals surface area contributed by atoms with Crippen LogP contribution in [0.15, 0.2) is 72.8 Å². The van der Waals surface area contributed by atoms with Crippen LogP contribution in [0, 0.1) is 0 Å². The number of fused-ring (bicyclic) bond motifs is 2. The molecule has 2 heterocycles. The molecule has 0 radical (unpaired) electrons. The minimum Gasteiger partial charge on any atom is -0.478 e. The number of benzene rings is 3. The molecule has 3 aromatic carbocycles. The van der Waals surface area contributed by atoms with Crippen LogP contribution in [0.25, 0.3) is 30.7 Å². The van der Waals surface area contributed by atoms with Crippen LogP contribution in [0.4, 0.5) is 0 Å². The van der Waals surface area contributed by atoms with Crippen LogP contribution in [-0.2, 0) is 17.8 Å². The highest BCUT2D eigenvalue weighted by atomic mass is 32.1. The van der Waals surface area contributed by atoms with Gasteiger partial charge in [-0.1, -0.05) is 36.4 Å². The number of carboxylic acid groups (broad SMARTS) is 1. The van der Waals surface area contributed by atoms with Crippen LogP contribution in [-0.4, -0.2) is 22.0 Å². The Bertz CT molecular complexity index is 1440. The molecule has 0 unspecified atom stereocenters. The lowest BCUT2D eigenvalue weighted by molar-refractivity contribution is -0.120. The highest BCUT2D eigenvalue weighted by Crippen LogP contribution is 2.35. The van der Waals surface area contributed by atoms with Gasteiger partial charge in [0.15, 0.2) is 0 Å². The summed E-state index contributed by atoms with van der Waals surface area (Å²) in [5, 5.41) is 13.9. The molecule has 7 heteroatoms. The number of carboxylic acids is 1. The molecular formula is C25H18N2O3S2. The van der Waals surface area contributed by atoms with Crippen molar-refractivity contribution in [3.05, 3.63) is 88.9 Å². The van der Waals surface area contributed by atoms with Crippen LogP contribution < -0.4 is 5.32 Å². The first-order valence-electron chi connectivity index (χ1n) is 10.0. The highest BCUT2D eigenvalue weighted by molar-refractivity contribution is 7.22. The molecule has 0 atom stereocenters. The minimum absolute atomic E-state index is 0.144. The second-order valence-corrected chi connectivity index (χ2v) is 9.60. The molecule has 5 nitrogen and oxygen atoms in total. The third-order valence-electron chi connectivity index (χ3n) is 5.12. The van der Waals surface area contributed by atoms with Crippen LogP contribution >= 0.6 is 22.7 Å². The second kappa shape index (κ2) is 8.53. The molecule has 1 amide bonds. The molecule has 2 aromatic heterocycles. The number of nitrogens with one attached hydrogen (secondary N) is 1. The van der Waals surface area contributed by atoms with Crippen molar-refractivity contribution >= 4 is 54.9 Å². The van der Waals surface area contributed by atoms with E-state index in [1.807, 2.05) is 12.1 Å². The number of carbonyl (C=O) groups excluding carboxylic acids is 1. The Morgan fingerprint density at radius 1 is 0.906 bits per heavy atom. The molecule has 2 N–H and O–H groups in total. The van der Waals surface area contributed by atoms with Gasteiger partial charge < -0.3 is 10.4 Å². The Labute approximate surface area is 192 Å². The van der Waals surface area contributed by atoms with Crippen molar-refractivity contribution < 1.29 is 14.7 Å². The maximum absolute atomic E-state index is 12.4. The molecule has 0 aliphatic rings. The van der Waals surface area contributed by atoms with Crippen molar-refractivity contribution in [1.82, 2.24) is 10.3 Å². The zero-order chi connectivity index (χ0) is 22.1. The summed E-state index contributed by atoms with van der Waals surface area (Å²) in [4.78, 5) is 29.3. The van der Waals surface area contributed by atoms with E-state index in [0.717, 1.165) is 26.4 Å². The van der Waals surface area contributed by atoms with Crippen molar-refractivity contribution in [1.29, 1.82) is 0 Å². The van der Waals surface area contributed by atoms with Crippen molar-refractivity contribution in [3.63, 3.8) is 0 Å². The normalized spacial score (nSPS) is 11.1. The van der Waals surface area contributed by atoms with E-state index in [-0.39, 0.29) is 24.4 Å². The topological polar surface area (TPSA) is 79.3 Å². The Morgan fingerprint density at radius 3 is 2.62 bits per heavy atom. The van der Waals surface area contributed by atoms with Crippen molar-refractivity contribution in [3.8, 4) is 10.4 Å². The largest absolute Gasteiger partial charge is 0.478 e. The van der Waals surface area contributed by atoms with Crippen LogP contribution in [0.2, 0.25) is 0 Å². The second-order valence-electron chi connectivity index (χ2n) is 7.40. The third kappa shape index (κ3) is 4.26. The van der Waals surface area contributed by atoms with E-state index < -0.39 is 5.97 Å². The maximum Gasteiger partial charge on any atom is 0.335 e. The fourth-order valence-corrected chi connectivity index (χ4v) is 5.60. The fourth-order valence-electron chi connectivity index (χ4n) is 3.54. The number of nitrogens with zero attached hydrogens (tertiary/aromatic N) is 1. The Hall–Kier alpha value is -3.55. The van der Waals surface area contributed by atoms with Gasteiger partial charge in [-0.15, -0.1) is 22.7 Å². The average molecular weight is 459 g/mol. The summed E-state index contributed by atoms with van der Waals surface area (Å²) in [6.07, 6.45) is 0.191. The number of aromatic carboxylic acids is 1. The molecule has 0 saturated carbocycles. The van der Waals surface area contributed by atoms with Crippen LogP contribution in [0.5, 0.6) is 0 Å². The van der Waals surface area contributed by atoms with E-state index >= 15 is 0 Å². The summed E-state index contributed by atoms with van der Waals surface area (Å²) in [5.74, 6) is -1.13. The van der Waals surface area contributed by atoms with Crippen molar-refractivity contribution in [2.24, 2.45) is 0 Å². The fraction of sp³-hybridized carbons (Fsp3) is 0.0800. The Kier molecular flexibility index (Phi) is 5.43. The molecule has 0 saturated heterocycles. The minimum atomic E-state index is -0.984. The molecule has 0 aliphatic carbocycles. The molecule has 0 bridgehead atoms. The van der Waals surface area contributed by atoms with Gasteiger partial charge in [0, 0.05) is 16.1 Å². The smallest absolute Gasteiger partial charge is 0.335 e. The highest BCUT2D eigenvalue weighted by Gasteiger charge is 2.12. The van der Waals surface area contributed by atoms with E-state index in [1.54, 1.807) is 29.5 Å². The SMILES string of the molecule is O=C(Cc1nc2ccc(-c3cc4ccccc4s3)cc2s1)NCc1cccc(C(=O)O)c1. The maximum atomic E-state index is 12.4. The molecule has 158 valence electrons. The molecule has 0 spiro atoms. The molecule has 5 rings (SSSR count). The van der Waals surface area contributed by atoms with Gasteiger partial charge in [-0.2, -0.15) is 0 Å². The quantitative estimate of drug-likeness (QED) is 0.340. The number of amides is 1. The van der Waals surface area contributed by atoms with E-state index in [1.165, 1.54) is 32.4 Å². The number of thiazole rings is 1. The van der Waals surface area contributed by atoms with E-state index in [2.05, 4.69) is 46.7 Å². The standard InChI is InChI=1S/C25H18N2O3S2/c28-23(26-14-15-4-3-6-18(10-15)25(29)30)13-24-27-19-9-8-17(12-22(19)32-24)21-11-16-5-1-2-7-20(16)31-21/h1-12H,13-14H2,(H,26,28)(H,29,30). The summed E-state index contributed by atoms with van der Waals surface area (Å²) in [5.41, 5.74) is 2.99. The number of hydrogen-bond acceptors (Lipinski definition) is 5. The lowest BCUT2D eigenvalue weighted by atomic mass is 10.1. The van der Waals surface area contributed by atoms with Gasteiger partial charge in [-0.05, 0) is 52.9 Å². The van der Waals surface area contributed by atoms with Crippen LogP contribution in [0.3, 0.4) is 0 Å². The number of thiophene rings is 1. The zero-order valence-corrected chi connectivity index (χ0v) is 18.5. The van der Waals surface area contributed by atoms with Crippen LogP contribution in [0.1, 0.15) is 20.9 Å². The molecule has 0 fully saturated rings. The first kappa shape index (κ1) is 20.4. The molecular weight excluding hydrogens is 440 g/mol. The number of carbonyl (C=O) groups is 2. The van der Waals surface area contributed by atoms with Gasteiger partial charge in [0.25, 0.3) is 0 Å². The number of hydrogen-bond donors (Lipinski definition) is 2. The molecule has 5 aromatic rings. The first-order valence-corrected chi connectivity index (χ1v) is 11.7. The summed E-state index contributed by atoms with van der Waals surface area (Å²) in [6, 6.07) is 23.3. The van der Waals surface area contributed by atoms with Gasteiger partial charge in [0.05, 0.1) is 22.2 Å². The third-order valence-corrected chi connectivity index (χ3v) is 7.30. The lowest BCUT2D eigenvalue weighted by Crippen LogP contribution is -2.24. The first-order chi connectivity index (χ1) is 15.5. The van der Waals surface area contributed by atoms with Gasteiger partial charge in [-0.3, -0.25) is 4.79 Å². The predicted octanol–water partition coefficient (Wildman–Crippen LogP) is 5.74. The number of aromatic nitrogens is 1. The zero-order valence-electron chi connectivity index (χ0n) is 16.9. The Morgan fingerprint density at radius 2 is 1.78 bits per heavy atom. The summed E-state index contributed by atoms with van der Waals surface area (Å²) >= 11 is 3.29. The van der Waals surface area contributed by atoms with E-state index in [0.29, 0.717) is 0 Å². The van der Waals surface area contributed by atoms with E-state index in [4.69, 9.17) is 5.11 Å². The molecule has 0 aliphatic heterocycles. The van der Waals surface area contributed by atoms with Crippen molar-refractivity contribution in [2.75, 3.05) is 0 Å². The molecule has 32 heavy (non-hydrogen) atoms. The van der Waals surface area contributed by atoms with Gasteiger partial charge >= 0.3 is 5.97 Å². The van der Waals surface area contributed by atoms with Crippen molar-refractivity contribution in [2.45, 2.75) is 13.0 Å². The predicted molar refractivity (Wildman–Crippen MR) is 129 cm³/mol. The summed E-state index contributed by atoms with van der Waals surface area (Å²) in [7, 11) is 0. The lowest BCUT2D eigenvalue weighted by Gasteiger charge is -2.05.